The van der Waals surface area contributed by atoms with E-state index in [1.54, 1.807) is 16.8 Å². The first kappa shape index (κ1) is 9.85. The first-order valence-electron chi connectivity index (χ1n) is 3.68. The minimum absolute atomic E-state index is 0.578. The Morgan fingerprint density at radius 1 is 1.69 bits per heavy atom. The predicted molar refractivity (Wildman–Crippen MR) is 56.4 cm³/mol. The second-order valence-electron chi connectivity index (χ2n) is 2.51. The van der Waals surface area contributed by atoms with Gasteiger partial charge < -0.3 is 11.5 Å². The average molecular weight is 243 g/mol. The third kappa shape index (κ3) is 2.35. The van der Waals surface area contributed by atoms with Crippen LogP contribution in [0.15, 0.2) is 29.0 Å². The zero-order chi connectivity index (χ0) is 9.84. The standard InChI is InChI=1S/C8H11BrN4/c1-13-5-6(9)8(12-13)7(11)3-2-4-10/h2-5H,10-11H2,1H3/b4-2-,7-3-. The van der Waals surface area contributed by atoms with Crippen LogP contribution in [-0.4, -0.2) is 9.78 Å². The smallest absolute Gasteiger partial charge is 0.122 e. The van der Waals surface area contributed by atoms with Crippen LogP contribution < -0.4 is 11.5 Å². The zero-order valence-electron chi connectivity index (χ0n) is 7.24. The third-order valence-corrected chi connectivity index (χ3v) is 2.02. The lowest BCUT2D eigenvalue weighted by molar-refractivity contribution is 0.762. The Morgan fingerprint density at radius 3 is 2.85 bits per heavy atom. The van der Waals surface area contributed by atoms with Gasteiger partial charge in [-0.1, -0.05) is 0 Å². The highest BCUT2D eigenvalue weighted by Gasteiger charge is 2.05. The Kier molecular flexibility index (Phi) is 3.13. The average Bonchev–Trinajstić information content (AvgIpc) is 2.41. The van der Waals surface area contributed by atoms with E-state index >= 15 is 0 Å². The van der Waals surface area contributed by atoms with E-state index in [-0.39, 0.29) is 0 Å². The quantitative estimate of drug-likeness (QED) is 0.760. The molecule has 70 valence electrons. The number of aromatic nitrogens is 2. The molecule has 0 atom stereocenters. The molecule has 13 heavy (non-hydrogen) atoms. The number of hydrogen-bond donors (Lipinski definition) is 2. The summed E-state index contributed by atoms with van der Waals surface area (Å²) in [5, 5.41) is 4.16. The molecule has 0 amide bonds. The van der Waals surface area contributed by atoms with Gasteiger partial charge in [0.25, 0.3) is 0 Å². The lowest BCUT2D eigenvalue weighted by Gasteiger charge is -1.94. The lowest BCUT2D eigenvalue weighted by Crippen LogP contribution is -1.98. The summed E-state index contributed by atoms with van der Waals surface area (Å²) in [5.74, 6) is 0. The summed E-state index contributed by atoms with van der Waals surface area (Å²) in [7, 11) is 1.83. The summed E-state index contributed by atoms with van der Waals surface area (Å²) >= 11 is 3.35. The van der Waals surface area contributed by atoms with E-state index in [0.29, 0.717) is 5.70 Å². The summed E-state index contributed by atoms with van der Waals surface area (Å²) in [6.07, 6.45) is 6.62. The number of nitrogens with two attached hydrogens (primary N) is 2. The van der Waals surface area contributed by atoms with Gasteiger partial charge in [0, 0.05) is 13.2 Å². The van der Waals surface area contributed by atoms with E-state index in [2.05, 4.69) is 21.0 Å². The van der Waals surface area contributed by atoms with Crippen LogP contribution in [-0.2, 0) is 7.05 Å². The van der Waals surface area contributed by atoms with E-state index in [0.717, 1.165) is 10.2 Å². The van der Waals surface area contributed by atoms with Gasteiger partial charge in [-0.25, -0.2) is 0 Å². The van der Waals surface area contributed by atoms with Crippen molar-refractivity contribution in [2.75, 3.05) is 0 Å². The molecular formula is C8H11BrN4. The van der Waals surface area contributed by atoms with Gasteiger partial charge in [0.15, 0.2) is 0 Å². The van der Waals surface area contributed by atoms with Crippen LogP contribution in [0, 0.1) is 0 Å². The van der Waals surface area contributed by atoms with Crippen molar-refractivity contribution in [1.82, 2.24) is 9.78 Å². The van der Waals surface area contributed by atoms with Crippen molar-refractivity contribution in [2.24, 2.45) is 18.5 Å². The summed E-state index contributed by atoms with van der Waals surface area (Å²) in [6.45, 7) is 0. The Bertz CT molecular complexity index is 351. The summed E-state index contributed by atoms with van der Waals surface area (Å²) in [6, 6.07) is 0. The van der Waals surface area contributed by atoms with Gasteiger partial charge in [-0.3, -0.25) is 4.68 Å². The van der Waals surface area contributed by atoms with Crippen molar-refractivity contribution >= 4 is 21.6 Å². The number of hydrogen-bond acceptors (Lipinski definition) is 3. The zero-order valence-corrected chi connectivity index (χ0v) is 8.82. The van der Waals surface area contributed by atoms with E-state index in [9.17, 15) is 0 Å². The molecule has 0 fully saturated rings. The molecule has 0 aliphatic carbocycles. The van der Waals surface area contributed by atoms with Crippen LogP contribution in [0.4, 0.5) is 0 Å². The van der Waals surface area contributed by atoms with Crippen LogP contribution in [0.5, 0.6) is 0 Å². The molecule has 0 aromatic carbocycles. The topological polar surface area (TPSA) is 69.9 Å². The third-order valence-electron chi connectivity index (χ3n) is 1.44. The lowest BCUT2D eigenvalue weighted by atomic mass is 10.3. The van der Waals surface area contributed by atoms with Gasteiger partial charge in [0.2, 0.25) is 0 Å². The fraction of sp³-hybridized carbons (Fsp3) is 0.125. The van der Waals surface area contributed by atoms with Gasteiger partial charge in [-0.2, -0.15) is 5.10 Å². The molecule has 0 saturated heterocycles. The monoisotopic (exact) mass is 242 g/mol. The van der Waals surface area contributed by atoms with Crippen LogP contribution in [0.3, 0.4) is 0 Å². The van der Waals surface area contributed by atoms with Crippen molar-refractivity contribution in [3.05, 3.63) is 34.7 Å². The molecule has 0 bridgehead atoms. The van der Waals surface area contributed by atoms with Crippen molar-refractivity contribution in [1.29, 1.82) is 0 Å². The molecule has 1 aromatic rings. The maximum Gasteiger partial charge on any atom is 0.122 e. The maximum atomic E-state index is 5.74. The Labute approximate surface area is 85.0 Å². The number of allylic oxidation sites excluding steroid dienone is 2. The van der Waals surface area contributed by atoms with Crippen molar-refractivity contribution in [3.8, 4) is 0 Å². The molecule has 0 saturated carbocycles. The first-order chi connectivity index (χ1) is 6.15. The van der Waals surface area contributed by atoms with E-state index in [1.165, 1.54) is 6.20 Å². The second-order valence-corrected chi connectivity index (χ2v) is 3.36. The molecule has 4 N–H and O–H groups in total. The molecule has 1 aromatic heterocycles. The number of aryl methyl sites for hydroxylation is 1. The first-order valence-corrected chi connectivity index (χ1v) is 4.48. The van der Waals surface area contributed by atoms with Crippen molar-refractivity contribution in [3.63, 3.8) is 0 Å². The molecule has 0 aliphatic rings. The van der Waals surface area contributed by atoms with E-state index in [1.807, 2.05) is 13.2 Å². The molecular weight excluding hydrogens is 232 g/mol. The largest absolute Gasteiger partial charge is 0.405 e. The predicted octanol–water partition coefficient (Wildman–Crippen LogP) is 0.955. The van der Waals surface area contributed by atoms with E-state index in [4.69, 9.17) is 11.5 Å². The fourth-order valence-corrected chi connectivity index (χ4v) is 1.50. The highest BCUT2D eigenvalue weighted by molar-refractivity contribution is 9.10. The minimum Gasteiger partial charge on any atom is -0.405 e. The second kappa shape index (κ2) is 4.13. The summed E-state index contributed by atoms with van der Waals surface area (Å²) < 4.78 is 2.56. The van der Waals surface area contributed by atoms with Gasteiger partial charge >= 0.3 is 0 Å². The highest BCUT2D eigenvalue weighted by Crippen LogP contribution is 2.18. The fourth-order valence-electron chi connectivity index (χ4n) is 0.893. The molecule has 4 nitrogen and oxygen atoms in total. The normalized spacial score (nSPS) is 12.6. The number of rotatable bonds is 2. The summed E-state index contributed by atoms with van der Waals surface area (Å²) in [5.41, 5.74) is 12.2. The molecule has 0 unspecified atom stereocenters. The van der Waals surface area contributed by atoms with Crippen molar-refractivity contribution in [2.45, 2.75) is 0 Å². The number of halogens is 1. The molecule has 1 heterocycles. The Morgan fingerprint density at radius 2 is 2.38 bits per heavy atom. The molecule has 0 aliphatic heterocycles. The van der Waals surface area contributed by atoms with Crippen LogP contribution in [0.25, 0.3) is 5.70 Å². The molecule has 1 rings (SSSR count). The van der Waals surface area contributed by atoms with E-state index < -0.39 is 0 Å². The SMILES string of the molecule is Cn1cc(Br)c(/C(N)=C/C=C\N)n1. The van der Waals surface area contributed by atoms with Crippen molar-refractivity contribution < 1.29 is 0 Å². The van der Waals surface area contributed by atoms with Gasteiger partial charge in [0.1, 0.15) is 5.69 Å². The maximum absolute atomic E-state index is 5.74. The van der Waals surface area contributed by atoms with Crippen LogP contribution in [0.2, 0.25) is 0 Å². The minimum atomic E-state index is 0.578. The van der Waals surface area contributed by atoms with Gasteiger partial charge in [0.05, 0.1) is 10.2 Å². The molecule has 5 heteroatoms. The van der Waals surface area contributed by atoms with Gasteiger partial charge in [-0.05, 0) is 34.3 Å². The molecule has 0 spiro atoms. The van der Waals surface area contributed by atoms with Gasteiger partial charge in [-0.15, -0.1) is 0 Å². The number of nitrogens with zero attached hydrogens (tertiary/aromatic N) is 2. The summed E-state index contributed by atoms with van der Waals surface area (Å²) in [4.78, 5) is 0. The Hall–Kier alpha value is -1.23. The van der Waals surface area contributed by atoms with Crippen LogP contribution in [0.1, 0.15) is 5.69 Å². The Balaban J connectivity index is 3.00. The highest BCUT2D eigenvalue weighted by atomic mass is 79.9. The van der Waals surface area contributed by atoms with Crippen LogP contribution >= 0.6 is 15.9 Å². The molecule has 0 radical (unpaired) electrons.